The van der Waals surface area contributed by atoms with Crippen molar-refractivity contribution >= 4 is 143 Å². The predicted octanol–water partition coefficient (Wildman–Crippen LogP) is -2.64. The van der Waals surface area contributed by atoms with E-state index in [1.54, 1.807) is 13.8 Å². The summed E-state index contributed by atoms with van der Waals surface area (Å²) in [6, 6.07) is 0. The molecule has 5 aliphatic heterocycles. The maximum atomic E-state index is 12.3. The predicted molar refractivity (Wildman–Crippen MR) is 345 cm³/mol. The molecular weight excluding hydrogens is 1630 g/mol. The van der Waals surface area contributed by atoms with Gasteiger partial charge in [-0.3, -0.25) is 31.9 Å². The first-order valence-electron chi connectivity index (χ1n) is 29.1. The van der Waals surface area contributed by atoms with E-state index in [0.29, 0.717) is 34.0 Å². The quantitative estimate of drug-likeness (QED) is 0.0391. The number of ether oxygens (including phenoxy) is 4. The number of nitrogens with zero attached hydrogens (tertiary/aromatic N) is 16. The molecule has 0 amide bonds. The van der Waals surface area contributed by atoms with Gasteiger partial charge in [0.05, 0.1) is 32.8 Å². The van der Waals surface area contributed by atoms with Crippen LogP contribution in [0.4, 0.5) is 23.3 Å². The number of aryl methyl sites for hydroxylation is 3. The van der Waals surface area contributed by atoms with Gasteiger partial charge in [-0.1, -0.05) is 0 Å². The molecule has 54 nitrogen and oxygen atoms in total. The highest BCUT2D eigenvalue weighted by atomic mass is 35.9. The van der Waals surface area contributed by atoms with Crippen LogP contribution >= 0.6 is 75.5 Å². The maximum Gasteiger partial charge on any atom is 0.492 e. The van der Waals surface area contributed by atoms with Gasteiger partial charge in [0, 0.05) is 0 Å². The Balaban J connectivity index is 0.000000153. The topological polar surface area (TPSA) is 812 Å². The molecule has 63 heteroatoms. The van der Waals surface area contributed by atoms with E-state index in [2.05, 4.69) is 85.9 Å². The number of halogens is 2. The number of hydrogen-bond donors (Lipinski definition) is 19. The molecule has 106 heavy (non-hydrogen) atoms. The van der Waals surface area contributed by atoms with E-state index in [0.717, 1.165) is 12.7 Å². The standard InChI is InChI=1S/C11H14Cl2N5O5P.C11H18N5O13P3.C11H15N5O4.C10H14N5O12P3/c1-4-17-6-9(14)15-3-16-10(6)18(4)11-8(20)7(19)5(23-11)2-22-24(12,13)21;1-4-15-6-9(12)13-3-14-10(6)16(4)11-8(18)7(17)5(27-11)2-26-31(22,23)29-32(24,25)28-30(19,20)21;1-4-15-6-9(12)13-3-14-10(6)16(4)11-8(19)7(18)5(2-17)20-11;11-8-5-9(13-2-12-8)15(3-14-5)10-7(17)6(16)4(24-10)1-23-30(22)26-28(18,19)25-29(20,21)27-30/h3,5,7-8,11,19-20H,2H2,1H3,(H2,14,15,16);3,5,7-8,11,17-18H,2H2,1H3,(H,22,23)(H,24,25)(H2,12,13,14)(H2,19,20,21);3,5,7-8,11,17-19H,2H2,1H3,(H2,12,13,14);2-4,6-7,10,16-17H,1H2,(H,18,19)(H,20,21)(H2,11,12,13)/t3*5-,7?,8+,11-;4-,6?,7+,10-/m1111/s1. The van der Waals surface area contributed by atoms with Crippen LogP contribution in [-0.2, 0) is 86.0 Å². The normalized spacial score (nSPS) is 32.3. The van der Waals surface area contributed by atoms with E-state index in [-0.39, 0.29) is 58.0 Å². The fraction of sp³-hybridized carbons (Fsp3) is 0.535. The molecule has 0 radical (unpaired) electrons. The van der Waals surface area contributed by atoms with Crippen molar-refractivity contribution in [2.24, 2.45) is 0 Å². The van der Waals surface area contributed by atoms with Crippen molar-refractivity contribution < 1.29 is 161 Å². The van der Waals surface area contributed by atoms with E-state index in [1.165, 1.54) is 44.2 Å². The molecule has 586 valence electrons. The van der Waals surface area contributed by atoms with Gasteiger partial charge in [0.2, 0.25) is 0 Å². The first kappa shape index (κ1) is 83.0. The van der Waals surface area contributed by atoms with Crippen LogP contribution in [0, 0.1) is 20.8 Å². The number of phosphoric acid groups is 6. The largest absolute Gasteiger partial charge is 0.492 e. The van der Waals surface area contributed by atoms with Gasteiger partial charge in [-0.2, -0.15) is 21.6 Å². The molecule has 8 aromatic heterocycles. The van der Waals surface area contributed by atoms with Crippen molar-refractivity contribution in [2.75, 3.05) is 49.4 Å². The van der Waals surface area contributed by atoms with Crippen molar-refractivity contribution in [3.8, 4) is 0 Å². The van der Waals surface area contributed by atoms with Crippen LogP contribution < -0.4 is 22.9 Å². The Hall–Kier alpha value is -5.49. The molecule has 13 rings (SSSR count). The summed E-state index contributed by atoms with van der Waals surface area (Å²) in [5, 5.41) is 90.6. The molecule has 20 atom stereocenters. The molecule has 23 N–H and O–H groups in total. The number of imidazole rings is 4. The van der Waals surface area contributed by atoms with Gasteiger partial charge in [0.15, 0.2) is 87.3 Å². The minimum absolute atomic E-state index is 0.0501. The van der Waals surface area contributed by atoms with Crippen LogP contribution in [0.1, 0.15) is 42.4 Å². The van der Waals surface area contributed by atoms with Gasteiger partial charge in [-0.05, 0) is 43.3 Å². The van der Waals surface area contributed by atoms with E-state index in [4.69, 9.17) is 93.2 Å². The zero-order valence-corrected chi connectivity index (χ0v) is 61.0. The number of phosphoric ester groups is 1. The summed E-state index contributed by atoms with van der Waals surface area (Å²) in [5.74, 6) is 1.77. The van der Waals surface area contributed by atoms with E-state index in [9.17, 15) is 87.5 Å². The van der Waals surface area contributed by atoms with Crippen LogP contribution in [0.2, 0.25) is 0 Å². The summed E-state index contributed by atoms with van der Waals surface area (Å²) in [6.07, 6.45) is -18.3. The molecule has 5 aliphatic rings. The van der Waals surface area contributed by atoms with Crippen LogP contribution in [-0.4, -0.2) is 253 Å². The van der Waals surface area contributed by atoms with Crippen LogP contribution in [0.3, 0.4) is 0 Å². The first-order valence-corrected chi connectivity index (χ1v) is 41.6. The summed E-state index contributed by atoms with van der Waals surface area (Å²) >= 11 is 10.6. The maximum absolute atomic E-state index is 12.3. The van der Waals surface area contributed by atoms with E-state index >= 15 is 0 Å². The zero-order chi connectivity index (χ0) is 78.0. The Morgan fingerprint density at radius 3 is 1.20 bits per heavy atom. The SMILES string of the molecule is Cc1nc2c(N)ncnc2n1[C@@H]1O[C@H](CO)C(O)[C@@H]1O.Cc1nc2c(N)ncnc2n1[C@@H]1O[C@H](COP(=O)(Cl)Cl)C(O)[C@@H]1O.Cc1nc2c(N)ncnc2n1[C@@H]1O[C@H](COP(=O)(O)OP(=O)(O)OP(=O)(O)O)C(O)[C@@H]1O.Nc1ncnc2c1ncn2[C@@H]1O[C@H](COP2(=O)OP(=O)(O)OP(=O)(O)O2)C(O)[C@@H]1O. The smallest absolute Gasteiger partial charge is 0.394 e. The molecule has 0 aliphatic carbocycles. The minimum Gasteiger partial charge on any atom is -0.394 e. The van der Waals surface area contributed by atoms with Crippen molar-refractivity contribution in [3.63, 3.8) is 0 Å². The fourth-order valence-electron chi connectivity index (χ4n) is 10.7. The fourth-order valence-corrected chi connectivity index (χ4v) is 19.3. The Labute approximate surface area is 598 Å². The van der Waals surface area contributed by atoms with Crippen molar-refractivity contribution in [1.82, 2.24) is 78.1 Å². The Bertz CT molecular complexity index is 4900. The molecule has 5 saturated heterocycles. The summed E-state index contributed by atoms with van der Waals surface area (Å²) < 4.78 is 141. The molecule has 8 unspecified atom stereocenters. The average molecular weight is 1690 g/mol. The first-order chi connectivity index (χ1) is 49.2. The molecule has 0 aromatic carbocycles. The van der Waals surface area contributed by atoms with E-state index < -0.39 is 171 Å². The third-order valence-electron chi connectivity index (χ3n) is 15.2. The number of aromatic nitrogens is 16. The second-order valence-electron chi connectivity index (χ2n) is 22.4. The number of nitrogen functional groups attached to an aromatic ring is 4. The van der Waals surface area contributed by atoms with Gasteiger partial charge >= 0.3 is 53.0 Å². The lowest BCUT2D eigenvalue weighted by Crippen LogP contribution is -2.33. The Morgan fingerprint density at radius 2 is 0.811 bits per heavy atom. The molecule has 13 heterocycles. The summed E-state index contributed by atoms with van der Waals surface area (Å²) in [4.78, 5) is 102. The van der Waals surface area contributed by atoms with Crippen molar-refractivity contribution in [2.45, 2.75) is 119 Å². The number of aliphatic hydroxyl groups excluding tert-OH is 9. The van der Waals surface area contributed by atoms with Crippen molar-refractivity contribution in [3.05, 3.63) is 49.1 Å². The monoisotopic (exact) mass is 1690 g/mol. The lowest BCUT2D eigenvalue weighted by atomic mass is 10.1. The highest BCUT2D eigenvalue weighted by Crippen LogP contribution is 2.80. The van der Waals surface area contributed by atoms with Crippen LogP contribution in [0.25, 0.3) is 44.7 Å². The van der Waals surface area contributed by atoms with Crippen LogP contribution in [0.15, 0.2) is 31.6 Å². The molecule has 8 aromatic rings. The molecule has 0 bridgehead atoms. The van der Waals surface area contributed by atoms with Gasteiger partial charge in [0.1, 0.15) is 122 Å². The third kappa shape index (κ3) is 18.4. The lowest BCUT2D eigenvalue weighted by molar-refractivity contribution is -0.0519. The molecular formula is C43H61Cl2N20O34P7. The summed E-state index contributed by atoms with van der Waals surface area (Å²) in [6.45, 7) is 2.36. The molecule has 5 fully saturated rings. The second kappa shape index (κ2) is 31.7. The zero-order valence-electron chi connectivity index (χ0n) is 53.3. The lowest BCUT2D eigenvalue weighted by Gasteiger charge is -2.27. The Kier molecular flexibility index (Phi) is 24.8. The summed E-state index contributed by atoms with van der Waals surface area (Å²) in [5.41, 5.74) is 25.2. The number of fused-ring (bicyclic) bond motifs is 4. The number of nitrogens with two attached hydrogens (primary N) is 4. The number of hydrogen-bond acceptors (Lipinski definition) is 44. The highest BCUT2D eigenvalue weighted by molar-refractivity contribution is 8.05. The highest BCUT2D eigenvalue weighted by Gasteiger charge is 2.56. The van der Waals surface area contributed by atoms with Crippen molar-refractivity contribution in [1.29, 1.82) is 0 Å². The van der Waals surface area contributed by atoms with Gasteiger partial charge in [0.25, 0.3) is 0 Å². The minimum atomic E-state index is -5.71. The Morgan fingerprint density at radius 1 is 0.462 bits per heavy atom. The number of rotatable bonds is 18. The van der Waals surface area contributed by atoms with Gasteiger partial charge in [-0.15, -0.1) is 0 Å². The molecule has 0 saturated carbocycles. The third-order valence-corrected chi connectivity index (χ3v) is 25.4. The van der Waals surface area contributed by atoms with Gasteiger partial charge in [-0.25, -0.2) is 87.2 Å². The van der Waals surface area contributed by atoms with Crippen LogP contribution in [0.5, 0.6) is 0 Å². The molecule has 0 spiro atoms. The summed E-state index contributed by atoms with van der Waals surface area (Å²) in [7, 11) is -32.2. The van der Waals surface area contributed by atoms with E-state index in [1.807, 2.05) is 0 Å². The average Bonchev–Trinajstić information content (AvgIpc) is 1.19. The number of anilines is 4. The number of aliphatic hydroxyl groups is 9. The van der Waals surface area contributed by atoms with Gasteiger partial charge < -0.3 is 122 Å². The second-order valence-corrected chi connectivity index (χ2v) is 36.0.